The maximum absolute atomic E-state index is 13.2. The number of ether oxygens (including phenoxy) is 3. The highest BCUT2D eigenvalue weighted by atomic mass is 19.3. The normalized spacial score (nSPS) is 15.2. The Morgan fingerprint density at radius 1 is 1.29 bits per heavy atom. The van der Waals surface area contributed by atoms with E-state index in [4.69, 9.17) is 9.47 Å². The molecule has 6 nitrogen and oxygen atoms in total. The molecule has 1 amide bonds. The van der Waals surface area contributed by atoms with E-state index in [9.17, 15) is 13.6 Å². The van der Waals surface area contributed by atoms with Crippen LogP contribution in [0.3, 0.4) is 0 Å². The van der Waals surface area contributed by atoms with E-state index in [1.54, 1.807) is 0 Å². The summed E-state index contributed by atoms with van der Waals surface area (Å²) in [6.45, 7) is 1.46. The van der Waals surface area contributed by atoms with E-state index in [2.05, 4.69) is 15.0 Å². The van der Waals surface area contributed by atoms with Gasteiger partial charge in [-0.2, -0.15) is 8.78 Å². The van der Waals surface area contributed by atoms with Crippen LogP contribution in [0.4, 0.5) is 14.5 Å². The fourth-order valence-electron chi connectivity index (χ4n) is 3.21. The van der Waals surface area contributed by atoms with Gasteiger partial charge in [0, 0.05) is 6.07 Å². The largest absolute Gasteiger partial charge is 0.481 e. The first-order valence-corrected chi connectivity index (χ1v) is 8.85. The van der Waals surface area contributed by atoms with Crippen LogP contribution in [-0.4, -0.2) is 37.8 Å². The highest BCUT2D eigenvalue weighted by molar-refractivity contribution is 6.01. The Morgan fingerprint density at radius 3 is 2.57 bits per heavy atom. The lowest BCUT2D eigenvalue weighted by atomic mass is 9.73. The van der Waals surface area contributed by atoms with Gasteiger partial charge in [-0.25, -0.2) is 4.98 Å². The second kappa shape index (κ2) is 8.10. The number of nitrogens with zero attached hydrogens (tertiary/aromatic N) is 1. The number of carbonyl (C=O) groups is 1. The molecule has 0 radical (unpaired) electrons. The molecule has 1 saturated heterocycles. The van der Waals surface area contributed by atoms with Crippen LogP contribution in [0.2, 0.25) is 0 Å². The van der Waals surface area contributed by atoms with Gasteiger partial charge in [0.2, 0.25) is 11.8 Å². The van der Waals surface area contributed by atoms with E-state index < -0.39 is 12.0 Å². The van der Waals surface area contributed by atoms with E-state index >= 15 is 0 Å². The summed E-state index contributed by atoms with van der Waals surface area (Å²) in [5.74, 6) is -0.275. The second-order valence-corrected chi connectivity index (χ2v) is 6.87. The molecule has 2 aromatic rings. The molecular formula is C20H22F2N2O4. The van der Waals surface area contributed by atoms with Gasteiger partial charge in [-0.15, -0.1) is 0 Å². The number of methoxy groups -OCH3 is 1. The van der Waals surface area contributed by atoms with Gasteiger partial charge in [0.05, 0.1) is 26.5 Å². The van der Waals surface area contributed by atoms with Crippen molar-refractivity contribution in [3.63, 3.8) is 0 Å². The summed E-state index contributed by atoms with van der Waals surface area (Å²) in [6.07, 6.45) is 1.23. The van der Waals surface area contributed by atoms with Crippen molar-refractivity contribution in [2.45, 2.75) is 31.8 Å². The number of pyridine rings is 1. The number of aromatic nitrogens is 1. The van der Waals surface area contributed by atoms with Gasteiger partial charge >= 0.3 is 6.61 Å². The molecule has 1 aromatic heterocycles. The van der Waals surface area contributed by atoms with Gasteiger partial charge in [0.1, 0.15) is 11.1 Å². The number of halogens is 2. The first-order chi connectivity index (χ1) is 13.4. The molecule has 1 aliphatic rings. The van der Waals surface area contributed by atoms with Crippen LogP contribution < -0.4 is 14.8 Å². The summed E-state index contributed by atoms with van der Waals surface area (Å²) >= 11 is 0. The monoisotopic (exact) mass is 392 g/mol. The number of nitrogens with one attached hydrogen (secondary N) is 1. The number of rotatable bonds is 7. The van der Waals surface area contributed by atoms with Crippen LogP contribution in [0.5, 0.6) is 11.6 Å². The molecule has 1 aliphatic heterocycles. The first kappa shape index (κ1) is 20.0. The topological polar surface area (TPSA) is 69.7 Å². The third-order valence-corrected chi connectivity index (χ3v) is 4.74. The summed E-state index contributed by atoms with van der Waals surface area (Å²) in [5.41, 5.74) is 1.05. The summed E-state index contributed by atoms with van der Waals surface area (Å²) in [7, 11) is 1.36. The number of alkyl halides is 2. The van der Waals surface area contributed by atoms with Crippen molar-refractivity contribution in [1.82, 2.24) is 4.98 Å². The Bertz CT molecular complexity index is 854. The van der Waals surface area contributed by atoms with Crippen LogP contribution in [0.25, 0.3) is 0 Å². The molecule has 0 spiro atoms. The zero-order valence-corrected chi connectivity index (χ0v) is 15.9. The van der Waals surface area contributed by atoms with Crippen molar-refractivity contribution < 1.29 is 27.8 Å². The average molecular weight is 392 g/mol. The van der Waals surface area contributed by atoms with Gasteiger partial charge in [-0.05, 0) is 17.0 Å². The second-order valence-electron chi connectivity index (χ2n) is 6.87. The third-order valence-electron chi connectivity index (χ3n) is 4.74. The number of hydrogen-bond acceptors (Lipinski definition) is 5. The summed E-state index contributed by atoms with van der Waals surface area (Å²) in [6, 6.07) is 8.88. The Kier molecular flexibility index (Phi) is 5.79. The van der Waals surface area contributed by atoms with Crippen LogP contribution in [0, 0.1) is 0 Å². The molecule has 1 aromatic carbocycles. The predicted molar refractivity (Wildman–Crippen MR) is 99.1 cm³/mol. The maximum Gasteiger partial charge on any atom is 0.387 e. The van der Waals surface area contributed by atoms with Crippen LogP contribution >= 0.6 is 0 Å². The van der Waals surface area contributed by atoms with Crippen LogP contribution in [0.1, 0.15) is 30.9 Å². The van der Waals surface area contributed by atoms with Crippen molar-refractivity contribution in [3.8, 4) is 11.6 Å². The minimum absolute atomic E-state index is 0.0411. The smallest absolute Gasteiger partial charge is 0.387 e. The molecule has 0 bridgehead atoms. The fourth-order valence-corrected chi connectivity index (χ4v) is 3.21. The van der Waals surface area contributed by atoms with Gasteiger partial charge in [0.15, 0.2) is 5.75 Å². The molecule has 0 unspecified atom stereocenters. The molecule has 1 N–H and O–H groups in total. The Labute approximate surface area is 161 Å². The Hall–Kier alpha value is -2.74. The summed E-state index contributed by atoms with van der Waals surface area (Å²) in [5, 5.41) is 2.68. The van der Waals surface area contributed by atoms with E-state index in [0.29, 0.717) is 0 Å². The summed E-state index contributed by atoms with van der Waals surface area (Å²) < 4.78 is 40.4. The molecule has 0 aliphatic carbocycles. The number of anilines is 1. The molecular weight excluding hydrogens is 370 g/mol. The van der Waals surface area contributed by atoms with Gasteiger partial charge in [-0.1, -0.05) is 38.1 Å². The van der Waals surface area contributed by atoms with Crippen molar-refractivity contribution in [2.24, 2.45) is 0 Å². The lowest BCUT2D eigenvalue weighted by Gasteiger charge is -2.41. The van der Waals surface area contributed by atoms with Gasteiger partial charge in [-0.3, -0.25) is 4.79 Å². The number of hydrogen-bond donors (Lipinski definition) is 1. The zero-order chi connectivity index (χ0) is 20.3. The van der Waals surface area contributed by atoms with E-state index in [-0.39, 0.29) is 42.4 Å². The molecule has 3 rings (SSSR count). The van der Waals surface area contributed by atoms with Crippen molar-refractivity contribution in [1.29, 1.82) is 0 Å². The maximum atomic E-state index is 13.2. The molecule has 0 saturated carbocycles. The predicted octanol–water partition coefficient (Wildman–Crippen LogP) is 3.72. The van der Waals surface area contributed by atoms with E-state index in [1.807, 2.05) is 38.1 Å². The minimum atomic E-state index is -3.05. The summed E-state index contributed by atoms with van der Waals surface area (Å²) in [4.78, 5) is 17.2. The number of amides is 1. The molecule has 28 heavy (non-hydrogen) atoms. The Balaban J connectivity index is 1.94. The average Bonchev–Trinajstić information content (AvgIpc) is 2.62. The van der Waals surface area contributed by atoms with Crippen molar-refractivity contribution in [2.75, 3.05) is 25.6 Å². The molecule has 8 heteroatoms. The molecule has 1 fully saturated rings. The lowest BCUT2D eigenvalue weighted by Crippen LogP contribution is -2.56. The quantitative estimate of drug-likeness (QED) is 0.778. The van der Waals surface area contributed by atoms with Crippen LogP contribution in [-0.2, 0) is 14.9 Å². The lowest BCUT2D eigenvalue weighted by molar-refractivity contribution is -0.139. The number of carbonyl (C=O) groups excluding carboxylic acids is 1. The van der Waals surface area contributed by atoms with Crippen LogP contribution in [0.15, 0.2) is 36.5 Å². The number of benzene rings is 1. The van der Waals surface area contributed by atoms with Gasteiger partial charge in [0.25, 0.3) is 0 Å². The first-order valence-electron chi connectivity index (χ1n) is 8.85. The molecule has 150 valence electrons. The standard InChI is InChI=1S/C20H22F2N2O4/c1-12(2)13-6-4-5-7-14(13)20(10-27-11-20)18(25)24-15-9-23-17(26-3)8-16(15)28-19(21)22/h4-9,12,19H,10-11H2,1-3H3,(H,24,25). The van der Waals surface area contributed by atoms with Crippen molar-refractivity contribution >= 4 is 11.6 Å². The van der Waals surface area contributed by atoms with Crippen molar-refractivity contribution in [3.05, 3.63) is 47.7 Å². The Morgan fingerprint density at radius 2 is 2.00 bits per heavy atom. The van der Waals surface area contributed by atoms with Gasteiger partial charge < -0.3 is 19.5 Å². The SMILES string of the molecule is COc1cc(OC(F)F)c(NC(=O)C2(c3ccccc3C(C)C)COC2)cn1. The van der Waals surface area contributed by atoms with E-state index in [1.165, 1.54) is 19.4 Å². The third kappa shape index (κ3) is 3.77. The zero-order valence-electron chi connectivity index (χ0n) is 15.9. The van der Waals surface area contributed by atoms with E-state index in [0.717, 1.165) is 11.1 Å². The minimum Gasteiger partial charge on any atom is -0.481 e. The highest BCUT2D eigenvalue weighted by Crippen LogP contribution is 2.39. The highest BCUT2D eigenvalue weighted by Gasteiger charge is 2.49. The molecule has 2 heterocycles. The molecule has 0 atom stereocenters. The fraction of sp³-hybridized carbons (Fsp3) is 0.400.